The molecular formula is C18H18N6O5. The second kappa shape index (κ2) is 7.92. The van der Waals surface area contributed by atoms with Gasteiger partial charge in [0.05, 0.1) is 25.2 Å². The number of nitrogens with one attached hydrogen (secondary N) is 1. The molecule has 3 rings (SSSR count). The van der Waals surface area contributed by atoms with Gasteiger partial charge in [-0.05, 0) is 17.7 Å². The molecule has 0 aliphatic rings. The highest BCUT2D eigenvalue weighted by Gasteiger charge is 2.15. The molecule has 0 saturated heterocycles. The number of nitrogens with zero attached hydrogens (tertiary/aromatic N) is 5. The van der Waals surface area contributed by atoms with Crippen molar-refractivity contribution in [2.24, 2.45) is 19.2 Å². The molecule has 1 aromatic carbocycles. The van der Waals surface area contributed by atoms with E-state index in [1.54, 1.807) is 24.3 Å². The molecule has 29 heavy (non-hydrogen) atoms. The predicted octanol–water partition coefficient (Wildman–Crippen LogP) is -0.629. The Bertz CT molecular complexity index is 1230. The van der Waals surface area contributed by atoms with Crippen LogP contribution in [-0.4, -0.2) is 43.9 Å². The van der Waals surface area contributed by atoms with E-state index in [2.05, 4.69) is 20.2 Å². The first-order chi connectivity index (χ1) is 13.8. The van der Waals surface area contributed by atoms with Crippen LogP contribution >= 0.6 is 0 Å². The molecule has 0 atom stereocenters. The number of aromatic nitrogens is 4. The molecule has 0 aliphatic carbocycles. The van der Waals surface area contributed by atoms with Crippen LogP contribution in [0, 0.1) is 0 Å². The van der Waals surface area contributed by atoms with Gasteiger partial charge in [-0.3, -0.25) is 18.7 Å². The molecule has 1 N–H and O–H groups in total. The molecule has 0 radical (unpaired) electrons. The van der Waals surface area contributed by atoms with Gasteiger partial charge in [0.15, 0.2) is 11.2 Å². The number of fused-ring (bicyclic) bond motifs is 1. The smallest absolute Gasteiger partial charge is 0.337 e. The van der Waals surface area contributed by atoms with Crippen molar-refractivity contribution >= 4 is 29.3 Å². The van der Waals surface area contributed by atoms with Crippen LogP contribution in [0.5, 0.6) is 0 Å². The molecule has 150 valence electrons. The first-order valence-electron chi connectivity index (χ1n) is 8.44. The number of hydrazone groups is 1. The van der Waals surface area contributed by atoms with Crippen LogP contribution in [0.25, 0.3) is 11.2 Å². The number of hydrogen-bond donors (Lipinski definition) is 1. The van der Waals surface area contributed by atoms with Crippen LogP contribution in [-0.2, 0) is 30.2 Å². The Hall–Kier alpha value is -4.02. The quantitative estimate of drug-likeness (QED) is 0.346. The lowest BCUT2D eigenvalue weighted by atomic mass is 10.1. The van der Waals surface area contributed by atoms with Crippen LogP contribution in [0.15, 0.2) is 45.3 Å². The van der Waals surface area contributed by atoms with Crippen LogP contribution in [0.1, 0.15) is 15.9 Å². The number of methoxy groups -OCH3 is 1. The van der Waals surface area contributed by atoms with E-state index < -0.39 is 23.1 Å². The zero-order valence-corrected chi connectivity index (χ0v) is 15.9. The van der Waals surface area contributed by atoms with E-state index >= 15 is 0 Å². The minimum Gasteiger partial charge on any atom is -0.465 e. The Morgan fingerprint density at radius 3 is 2.52 bits per heavy atom. The minimum atomic E-state index is -0.539. The first-order valence-corrected chi connectivity index (χ1v) is 8.44. The molecule has 3 aromatic rings. The molecule has 2 aromatic heterocycles. The van der Waals surface area contributed by atoms with Gasteiger partial charge in [0, 0.05) is 14.1 Å². The first kappa shape index (κ1) is 19.7. The zero-order valence-electron chi connectivity index (χ0n) is 15.9. The van der Waals surface area contributed by atoms with Gasteiger partial charge in [-0.2, -0.15) is 5.10 Å². The monoisotopic (exact) mass is 398 g/mol. The number of benzene rings is 1. The van der Waals surface area contributed by atoms with Crippen molar-refractivity contribution in [1.82, 2.24) is 24.1 Å². The van der Waals surface area contributed by atoms with Crippen molar-refractivity contribution in [1.29, 1.82) is 0 Å². The summed E-state index contributed by atoms with van der Waals surface area (Å²) in [4.78, 5) is 51.9. The Morgan fingerprint density at radius 1 is 1.17 bits per heavy atom. The summed E-state index contributed by atoms with van der Waals surface area (Å²) in [7, 11) is 4.15. The van der Waals surface area contributed by atoms with Gasteiger partial charge in [0.2, 0.25) is 0 Å². The number of hydrogen-bond acceptors (Lipinski definition) is 7. The molecule has 0 unspecified atom stereocenters. The molecule has 0 aliphatic heterocycles. The summed E-state index contributed by atoms with van der Waals surface area (Å²) in [5.74, 6) is -0.930. The molecule has 2 heterocycles. The van der Waals surface area contributed by atoms with Crippen LogP contribution in [0.2, 0.25) is 0 Å². The van der Waals surface area contributed by atoms with E-state index in [4.69, 9.17) is 0 Å². The number of imidazole rings is 1. The predicted molar refractivity (Wildman–Crippen MR) is 104 cm³/mol. The number of amides is 1. The summed E-state index contributed by atoms with van der Waals surface area (Å²) < 4.78 is 8.16. The Kier molecular flexibility index (Phi) is 5.39. The zero-order chi connectivity index (χ0) is 21.1. The molecule has 0 saturated carbocycles. The van der Waals surface area contributed by atoms with Gasteiger partial charge in [0.1, 0.15) is 6.54 Å². The van der Waals surface area contributed by atoms with E-state index in [0.29, 0.717) is 11.1 Å². The lowest BCUT2D eigenvalue weighted by molar-refractivity contribution is -0.121. The summed E-state index contributed by atoms with van der Waals surface area (Å²) in [5.41, 5.74) is 2.72. The second-order valence-corrected chi connectivity index (χ2v) is 6.16. The molecule has 11 nitrogen and oxygen atoms in total. The number of esters is 1. The van der Waals surface area contributed by atoms with Gasteiger partial charge in [-0.15, -0.1) is 0 Å². The van der Waals surface area contributed by atoms with Gasteiger partial charge < -0.3 is 9.30 Å². The summed E-state index contributed by atoms with van der Waals surface area (Å²) in [6, 6.07) is 6.45. The van der Waals surface area contributed by atoms with Gasteiger partial charge >= 0.3 is 11.7 Å². The highest BCUT2D eigenvalue weighted by molar-refractivity contribution is 5.90. The Balaban J connectivity index is 1.72. The van der Waals surface area contributed by atoms with E-state index in [1.807, 2.05) is 0 Å². The van der Waals surface area contributed by atoms with Gasteiger partial charge in [-0.25, -0.2) is 20.0 Å². The van der Waals surface area contributed by atoms with Crippen LogP contribution in [0.3, 0.4) is 0 Å². The van der Waals surface area contributed by atoms with Gasteiger partial charge in [0.25, 0.3) is 11.5 Å². The van der Waals surface area contributed by atoms with Crippen molar-refractivity contribution in [2.45, 2.75) is 6.54 Å². The Morgan fingerprint density at radius 2 is 1.86 bits per heavy atom. The fourth-order valence-electron chi connectivity index (χ4n) is 2.71. The van der Waals surface area contributed by atoms with Crippen molar-refractivity contribution in [2.75, 3.05) is 7.11 Å². The highest BCUT2D eigenvalue weighted by atomic mass is 16.5. The molecule has 11 heteroatoms. The highest BCUT2D eigenvalue weighted by Crippen LogP contribution is 2.05. The van der Waals surface area contributed by atoms with Gasteiger partial charge in [-0.1, -0.05) is 12.1 Å². The van der Waals surface area contributed by atoms with Crippen LogP contribution < -0.4 is 16.7 Å². The van der Waals surface area contributed by atoms with E-state index in [9.17, 15) is 19.2 Å². The lowest BCUT2D eigenvalue weighted by Gasteiger charge is -2.06. The van der Waals surface area contributed by atoms with E-state index in [0.717, 1.165) is 4.57 Å². The average molecular weight is 398 g/mol. The number of rotatable bonds is 5. The van der Waals surface area contributed by atoms with Crippen molar-refractivity contribution in [3.05, 3.63) is 62.6 Å². The van der Waals surface area contributed by atoms with Crippen molar-refractivity contribution in [3.63, 3.8) is 0 Å². The summed E-state index contributed by atoms with van der Waals surface area (Å²) in [6.45, 7) is -0.206. The third-order valence-corrected chi connectivity index (χ3v) is 4.27. The summed E-state index contributed by atoms with van der Waals surface area (Å²) >= 11 is 0. The molecule has 1 amide bonds. The van der Waals surface area contributed by atoms with Crippen LogP contribution in [0.4, 0.5) is 0 Å². The Labute approximate surface area is 163 Å². The lowest BCUT2D eigenvalue weighted by Crippen LogP contribution is -2.38. The number of carbonyl (C=O) groups excluding carboxylic acids is 2. The maximum atomic E-state index is 12.4. The molecule has 0 fully saturated rings. The minimum absolute atomic E-state index is 0.145. The molecule has 0 spiro atoms. The third-order valence-electron chi connectivity index (χ3n) is 4.27. The fraction of sp³-hybridized carbons (Fsp3) is 0.222. The maximum absolute atomic E-state index is 12.4. The standard InChI is InChI=1S/C18H18N6O5/c1-22-15-14(16(26)23(2)18(22)28)24(10-19-15)9-13(25)21-20-8-11-4-6-12(7-5-11)17(27)29-3/h4-8,10H,9H2,1-3H3,(H,21,25)/b20-8-. The topological polar surface area (TPSA) is 130 Å². The second-order valence-electron chi connectivity index (χ2n) is 6.16. The van der Waals surface area contributed by atoms with Crippen molar-refractivity contribution < 1.29 is 14.3 Å². The molecular weight excluding hydrogens is 380 g/mol. The van der Waals surface area contributed by atoms with E-state index in [-0.39, 0.29) is 17.7 Å². The van der Waals surface area contributed by atoms with Crippen molar-refractivity contribution in [3.8, 4) is 0 Å². The number of carbonyl (C=O) groups is 2. The maximum Gasteiger partial charge on any atom is 0.337 e. The third kappa shape index (κ3) is 3.83. The largest absolute Gasteiger partial charge is 0.465 e. The summed E-state index contributed by atoms with van der Waals surface area (Å²) in [6.07, 6.45) is 2.73. The molecule has 0 bridgehead atoms. The SMILES string of the molecule is COC(=O)c1ccc(/C=N\NC(=O)Cn2cnc3c2c(=O)n(C)c(=O)n3C)cc1. The fourth-order valence-corrected chi connectivity index (χ4v) is 2.71. The number of aryl methyl sites for hydroxylation is 1. The number of ether oxygens (including phenoxy) is 1. The normalized spacial score (nSPS) is 11.1. The summed E-state index contributed by atoms with van der Waals surface area (Å²) in [5, 5.41) is 3.86. The van der Waals surface area contributed by atoms with E-state index in [1.165, 1.54) is 42.9 Å². The average Bonchev–Trinajstić information content (AvgIpc) is 3.14.